The summed E-state index contributed by atoms with van der Waals surface area (Å²) in [6, 6.07) is 6.64. The van der Waals surface area contributed by atoms with Crippen LogP contribution < -0.4 is 5.32 Å². The van der Waals surface area contributed by atoms with Gasteiger partial charge in [-0.05, 0) is 11.2 Å². The highest BCUT2D eigenvalue weighted by atomic mass is 16.6. The maximum atomic E-state index is 11.6. The van der Waals surface area contributed by atoms with Crippen LogP contribution in [0, 0.1) is 15.0 Å². The van der Waals surface area contributed by atoms with E-state index in [1.165, 1.54) is 0 Å². The minimum absolute atomic E-state index is 0.0210. The molecule has 1 aromatic rings. The van der Waals surface area contributed by atoms with Crippen molar-refractivity contribution in [2.45, 2.75) is 0 Å². The summed E-state index contributed by atoms with van der Waals surface area (Å²) < 4.78 is 0. The minimum atomic E-state index is -0.763. The van der Waals surface area contributed by atoms with E-state index in [0.29, 0.717) is 11.3 Å². The SMILES string of the molecule is O=N/C(C[N+](=O)[O-])=C1\C(=O)Nc2ccccc21. The van der Waals surface area contributed by atoms with Gasteiger partial charge in [0.2, 0.25) is 6.54 Å². The highest BCUT2D eigenvalue weighted by Crippen LogP contribution is 2.33. The average molecular weight is 233 g/mol. The van der Waals surface area contributed by atoms with Crippen LogP contribution in [0.5, 0.6) is 0 Å². The van der Waals surface area contributed by atoms with E-state index in [-0.39, 0.29) is 11.3 Å². The van der Waals surface area contributed by atoms with E-state index in [1.54, 1.807) is 24.3 Å². The number of fused-ring (bicyclic) bond motifs is 1. The lowest BCUT2D eigenvalue weighted by molar-refractivity contribution is -0.470. The predicted molar refractivity (Wildman–Crippen MR) is 59.6 cm³/mol. The summed E-state index contributed by atoms with van der Waals surface area (Å²) in [5.74, 6) is -0.539. The van der Waals surface area contributed by atoms with Gasteiger partial charge in [-0.3, -0.25) is 14.9 Å². The molecule has 0 unspecified atom stereocenters. The molecular formula is C10H7N3O4. The Bertz CT molecular complexity index is 550. The first kappa shape index (κ1) is 10.9. The molecule has 1 heterocycles. The van der Waals surface area contributed by atoms with Crippen LogP contribution in [0.1, 0.15) is 5.56 Å². The smallest absolute Gasteiger partial charge is 0.258 e. The number of carbonyl (C=O) groups is 1. The number of amides is 1. The molecule has 0 atom stereocenters. The van der Waals surface area contributed by atoms with Crippen LogP contribution in [0.25, 0.3) is 5.57 Å². The van der Waals surface area contributed by atoms with E-state index in [9.17, 15) is 19.8 Å². The van der Waals surface area contributed by atoms with Crippen LogP contribution in [0.4, 0.5) is 5.69 Å². The second-order valence-corrected chi connectivity index (χ2v) is 3.40. The van der Waals surface area contributed by atoms with Gasteiger partial charge in [-0.1, -0.05) is 18.2 Å². The molecule has 1 aliphatic heterocycles. The largest absolute Gasteiger partial charge is 0.321 e. The lowest BCUT2D eigenvalue weighted by Crippen LogP contribution is -2.10. The van der Waals surface area contributed by atoms with E-state index in [1.807, 2.05) is 0 Å². The second-order valence-electron chi connectivity index (χ2n) is 3.40. The van der Waals surface area contributed by atoms with E-state index in [2.05, 4.69) is 10.5 Å². The number of hydrogen-bond donors (Lipinski definition) is 1. The fourth-order valence-electron chi connectivity index (χ4n) is 1.68. The van der Waals surface area contributed by atoms with Crippen molar-refractivity contribution < 1.29 is 9.72 Å². The predicted octanol–water partition coefficient (Wildman–Crippen LogP) is 1.39. The topological polar surface area (TPSA) is 102 Å². The van der Waals surface area contributed by atoms with Gasteiger partial charge in [0, 0.05) is 16.2 Å². The molecule has 86 valence electrons. The second kappa shape index (κ2) is 4.12. The maximum absolute atomic E-state index is 11.6. The van der Waals surface area contributed by atoms with Gasteiger partial charge in [0.15, 0.2) is 5.70 Å². The molecule has 0 aromatic heterocycles. The van der Waals surface area contributed by atoms with E-state index >= 15 is 0 Å². The molecule has 1 N–H and O–H groups in total. The number of nitro groups is 1. The molecule has 0 saturated heterocycles. The fraction of sp³-hybridized carbons (Fsp3) is 0.100. The first-order valence-electron chi connectivity index (χ1n) is 4.72. The van der Waals surface area contributed by atoms with Crippen molar-refractivity contribution in [2.24, 2.45) is 5.18 Å². The van der Waals surface area contributed by atoms with Gasteiger partial charge >= 0.3 is 0 Å². The Morgan fingerprint density at radius 1 is 1.41 bits per heavy atom. The van der Waals surface area contributed by atoms with Crippen molar-refractivity contribution in [2.75, 3.05) is 11.9 Å². The zero-order chi connectivity index (χ0) is 12.4. The summed E-state index contributed by atoms with van der Waals surface area (Å²) in [6.45, 7) is -0.763. The Balaban J connectivity index is 2.57. The number of rotatable bonds is 3. The third-order valence-corrected chi connectivity index (χ3v) is 2.35. The maximum Gasteiger partial charge on any atom is 0.258 e. The highest BCUT2D eigenvalue weighted by molar-refractivity contribution is 6.32. The van der Waals surface area contributed by atoms with E-state index in [0.717, 1.165) is 0 Å². The Morgan fingerprint density at radius 3 is 2.76 bits per heavy atom. The van der Waals surface area contributed by atoms with Crippen LogP contribution in [0.15, 0.2) is 35.1 Å². The zero-order valence-corrected chi connectivity index (χ0v) is 8.54. The number of nitrogens with one attached hydrogen (secondary N) is 1. The highest BCUT2D eigenvalue weighted by Gasteiger charge is 2.29. The molecule has 17 heavy (non-hydrogen) atoms. The van der Waals surface area contributed by atoms with Gasteiger partial charge in [-0.15, -0.1) is 4.91 Å². The Morgan fingerprint density at radius 2 is 2.12 bits per heavy atom. The lowest BCUT2D eigenvalue weighted by atomic mass is 10.1. The molecule has 2 rings (SSSR count). The zero-order valence-electron chi connectivity index (χ0n) is 8.54. The normalized spacial score (nSPS) is 16.1. The number of anilines is 1. The molecule has 0 spiro atoms. The molecule has 7 heteroatoms. The third kappa shape index (κ3) is 1.89. The third-order valence-electron chi connectivity index (χ3n) is 2.35. The fourth-order valence-corrected chi connectivity index (χ4v) is 1.68. The van der Waals surface area contributed by atoms with Crippen LogP contribution in [-0.4, -0.2) is 17.4 Å². The van der Waals surface area contributed by atoms with Crippen molar-refractivity contribution in [3.8, 4) is 0 Å². The van der Waals surface area contributed by atoms with Gasteiger partial charge in [-0.2, -0.15) is 0 Å². The van der Waals surface area contributed by atoms with Crippen molar-refractivity contribution in [1.29, 1.82) is 0 Å². The van der Waals surface area contributed by atoms with Gasteiger partial charge in [0.05, 0.1) is 5.57 Å². The number of carbonyl (C=O) groups excluding carboxylic acids is 1. The van der Waals surface area contributed by atoms with Crippen LogP contribution >= 0.6 is 0 Å². The van der Waals surface area contributed by atoms with Gasteiger partial charge in [-0.25, -0.2) is 0 Å². The number of hydrogen-bond acceptors (Lipinski definition) is 5. The summed E-state index contributed by atoms with van der Waals surface area (Å²) in [5, 5.41) is 15.5. The molecule has 1 aliphatic rings. The van der Waals surface area contributed by atoms with Crippen molar-refractivity contribution in [3.05, 3.63) is 50.5 Å². The summed E-state index contributed by atoms with van der Waals surface area (Å²) >= 11 is 0. The first-order chi connectivity index (χ1) is 8.13. The minimum Gasteiger partial charge on any atom is -0.321 e. The lowest BCUT2D eigenvalue weighted by Gasteiger charge is -1.98. The van der Waals surface area contributed by atoms with E-state index < -0.39 is 17.4 Å². The summed E-state index contributed by atoms with van der Waals surface area (Å²) in [5.41, 5.74) is 0.607. The molecule has 0 aliphatic carbocycles. The quantitative estimate of drug-likeness (QED) is 0.369. The summed E-state index contributed by atoms with van der Waals surface area (Å²) in [4.78, 5) is 31.9. The van der Waals surface area contributed by atoms with Crippen molar-refractivity contribution in [1.82, 2.24) is 0 Å². The Hall–Kier alpha value is -2.57. The molecule has 0 fully saturated rings. The van der Waals surface area contributed by atoms with Crippen molar-refractivity contribution in [3.63, 3.8) is 0 Å². The van der Waals surface area contributed by atoms with Gasteiger partial charge < -0.3 is 5.32 Å². The molecule has 0 bridgehead atoms. The van der Waals surface area contributed by atoms with Gasteiger partial charge in [0.1, 0.15) is 0 Å². The monoisotopic (exact) mass is 233 g/mol. The number of nitrogens with zero attached hydrogens (tertiary/aromatic N) is 2. The molecule has 0 radical (unpaired) electrons. The van der Waals surface area contributed by atoms with Crippen LogP contribution in [0.2, 0.25) is 0 Å². The summed E-state index contributed by atoms with van der Waals surface area (Å²) in [6.07, 6.45) is 0. The molecular weight excluding hydrogens is 226 g/mol. The van der Waals surface area contributed by atoms with Crippen molar-refractivity contribution >= 4 is 17.2 Å². The molecule has 1 aromatic carbocycles. The summed E-state index contributed by atoms with van der Waals surface area (Å²) in [7, 11) is 0. The Labute approximate surface area is 95.3 Å². The molecule has 0 saturated carbocycles. The van der Waals surface area contributed by atoms with Crippen LogP contribution in [0.3, 0.4) is 0 Å². The average Bonchev–Trinajstić information content (AvgIpc) is 2.62. The first-order valence-corrected chi connectivity index (χ1v) is 4.72. The number of para-hydroxylation sites is 1. The molecule has 7 nitrogen and oxygen atoms in total. The molecule has 1 amide bonds. The van der Waals surface area contributed by atoms with Crippen LogP contribution in [-0.2, 0) is 4.79 Å². The number of nitroso groups, excluding NO2 is 1. The number of benzene rings is 1. The van der Waals surface area contributed by atoms with E-state index in [4.69, 9.17) is 0 Å². The van der Waals surface area contributed by atoms with Gasteiger partial charge in [0.25, 0.3) is 5.91 Å². The standard InChI is InChI=1S/C10H7N3O4/c14-10-9(8(12-15)5-13(16)17)6-3-1-2-4-7(6)11-10/h1-4H,5H2,(H,11,14)/b9-8-. The Kier molecular flexibility index (Phi) is 2.65.